The van der Waals surface area contributed by atoms with E-state index in [0.717, 1.165) is 41.5 Å². The molecule has 0 radical (unpaired) electrons. The molecule has 3 heterocycles. The molecule has 0 bridgehead atoms. The first-order chi connectivity index (χ1) is 20.0. The summed E-state index contributed by atoms with van der Waals surface area (Å²) >= 11 is 1.70. The lowest BCUT2D eigenvalue weighted by atomic mass is 9.73. The Bertz CT molecular complexity index is 1880. The van der Waals surface area contributed by atoms with E-state index >= 15 is 0 Å². The van der Waals surface area contributed by atoms with Crippen molar-refractivity contribution in [2.75, 3.05) is 13.1 Å². The largest absolute Gasteiger partial charge is 0.341 e. The number of aryl methyl sites for hydroxylation is 1. The molecule has 4 aromatic carbocycles. The number of likely N-dealkylation sites (tertiary alicyclic amines) is 1. The fourth-order valence-corrected chi connectivity index (χ4v) is 7.48. The SMILES string of the molecule is Cc1cc2c(cnn2-c2ccc(F)cc2)cc1C1(Cc2ccccc2)CCN(C(=O)Cc2csc3ccccc23)C1. The molecule has 6 aromatic rings. The van der Waals surface area contributed by atoms with Crippen LogP contribution in [0.2, 0.25) is 0 Å². The van der Waals surface area contributed by atoms with Crippen molar-refractivity contribution >= 4 is 38.2 Å². The molecular formula is C35H30FN3OS. The maximum absolute atomic E-state index is 13.7. The first-order valence-electron chi connectivity index (χ1n) is 14.0. The zero-order valence-corrected chi connectivity index (χ0v) is 23.7. The van der Waals surface area contributed by atoms with Crippen LogP contribution in [0.1, 0.15) is 28.7 Å². The van der Waals surface area contributed by atoms with Crippen LogP contribution in [0.5, 0.6) is 0 Å². The first kappa shape index (κ1) is 25.7. The number of amides is 1. The molecule has 0 saturated carbocycles. The summed E-state index contributed by atoms with van der Waals surface area (Å²) in [6, 6.07) is 29.8. The van der Waals surface area contributed by atoms with Gasteiger partial charge in [-0.25, -0.2) is 9.07 Å². The molecule has 1 atom stereocenters. The van der Waals surface area contributed by atoms with Crippen molar-refractivity contribution in [1.82, 2.24) is 14.7 Å². The van der Waals surface area contributed by atoms with Crippen LogP contribution in [0.15, 0.2) is 103 Å². The van der Waals surface area contributed by atoms with Crippen LogP contribution in [0.3, 0.4) is 0 Å². The second kappa shape index (κ2) is 10.3. The van der Waals surface area contributed by atoms with Gasteiger partial charge in [-0.1, -0.05) is 48.5 Å². The van der Waals surface area contributed by atoms with Crippen LogP contribution in [0, 0.1) is 12.7 Å². The third-order valence-corrected chi connectivity index (χ3v) is 9.56. The number of aromatic nitrogens is 2. The van der Waals surface area contributed by atoms with Gasteiger partial charge in [0.15, 0.2) is 0 Å². The Morgan fingerprint density at radius 2 is 1.78 bits per heavy atom. The Morgan fingerprint density at radius 1 is 1.00 bits per heavy atom. The van der Waals surface area contributed by atoms with Gasteiger partial charge in [0.1, 0.15) is 5.82 Å². The van der Waals surface area contributed by atoms with E-state index in [2.05, 4.69) is 70.8 Å². The minimum Gasteiger partial charge on any atom is -0.341 e. The number of hydrogen-bond acceptors (Lipinski definition) is 3. The summed E-state index contributed by atoms with van der Waals surface area (Å²) in [5.74, 6) is -0.0783. The zero-order chi connectivity index (χ0) is 28.0. The van der Waals surface area contributed by atoms with Crippen molar-refractivity contribution < 1.29 is 9.18 Å². The Balaban J connectivity index is 1.24. The molecule has 1 aliphatic rings. The average molecular weight is 560 g/mol. The van der Waals surface area contributed by atoms with Crippen LogP contribution in [-0.2, 0) is 23.1 Å². The highest BCUT2D eigenvalue weighted by Crippen LogP contribution is 2.41. The van der Waals surface area contributed by atoms with Gasteiger partial charge in [0.25, 0.3) is 0 Å². The highest BCUT2D eigenvalue weighted by atomic mass is 32.1. The van der Waals surface area contributed by atoms with E-state index < -0.39 is 0 Å². The summed E-state index contributed by atoms with van der Waals surface area (Å²) in [5, 5.41) is 9.00. The Hall–Kier alpha value is -4.29. The van der Waals surface area contributed by atoms with Crippen molar-refractivity contribution in [3.05, 3.63) is 131 Å². The molecular weight excluding hydrogens is 529 g/mol. The molecule has 204 valence electrons. The monoisotopic (exact) mass is 559 g/mol. The van der Waals surface area contributed by atoms with Crippen molar-refractivity contribution in [1.29, 1.82) is 0 Å². The summed E-state index contributed by atoms with van der Waals surface area (Å²) in [5.41, 5.74) is 6.44. The Labute approximate surface area is 242 Å². The van der Waals surface area contributed by atoms with Crippen LogP contribution in [0.25, 0.3) is 26.7 Å². The second-order valence-electron chi connectivity index (χ2n) is 11.2. The fourth-order valence-electron chi connectivity index (χ4n) is 6.51. The van der Waals surface area contributed by atoms with E-state index in [1.807, 2.05) is 29.1 Å². The lowest BCUT2D eigenvalue weighted by Gasteiger charge is -2.32. The second-order valence-corrected chi connectivity index (χ2v) is 12.1. The number of hydrogen-bond donors (Lipinski definition) is 0. The molecule has 6 heteroatoms. The molecule has 41 heavy (non-hydrogen) atoms. The standard InChI is InChI=1S/C35H30FN3OS/c1-24-17-32-26(21-37-39(32)29-13-11-28(36)12-14-29)18-31(24)35(20-25-7-3-2-4-8-25)15-16-38(23-35)34(40)19-27-22-41-33-10-6-5-9-30(27)33/h2-14,17-18,21-22H,15-16,19-20,23H2,1H3. The van der Waals surface area contributed by atoms with E-state index in [1.165, 1.54) is 38.9 Å². The maximum Gasteiger partial charge on any atom is 0.227 e. The van der Waals surface area contributed by atoms with E-state index in [9.17, 15) is 9.18 Å². The minimum atomic E-state index is -0.265. The van der Waals surface area contributed by atoms with Gasteiger partial charge in [0.05, 0.1) is 23.8 Å². The Morgan fingerprint density at radius 3 is 2.61 bits per heavy atom. The van der Waals surface area contributed by atoms with E-state index in [0.29, 0.717) is 13.0 Å². The highest BCUT2D eigenvalue weighted by Gasteiger charge is 2.42. The quantitative estimate of drug-likeness (QED) is 0.210. The van der Waals surface area contributed by atoms with E-state index in [4.69, 9.17) is 0 Å². The number of nitrogens with zero attached hydrogens (tertiary/aromatic N) is 3. The van der Waals surface area contributed by atoms with Crippen molar-refractivity contribution in [2.24, 2.45) is 0 Å². The van der Waals surface area contributed by atoms with E-state index in [-0.39, 0.29) is 17.1 Å². The lowest BCUT2D eigenvalue weighted by molar-refractivity contribution is -0.129. The smallest absolute Gasteiger partial charge is 0.227 e. The average Bonchev–Trinajstić information content (AvgIpc) is 3.71. The number of carbonyl (C=O) groups excluding carboxylic acids is 1. The number of halogens is 1. The van der Waals surface area contributed by atoms with Gasteiger partial charge in [0.2, 0.25) is 5.91 Å². The van der Waals surface area contributed by atoms with Crippen molar-refractivity contribution in [2.45, 2.75) is 31.6 Å². The van der Waals surface area contributed by atoms with Crippen molar-refractivity contribution in [3.8, 4) is 5.69 Å². The lowest BCUT2D eigenvalue weighted by Crippen LogP contribution is -2.37. The van der Waals surface area contributed by atoms with Crippen LogP contribution >= 0.6 is 11.3 Å². The summed E-state index contributed by atoms with van der Waals surface area (Å²) in [6.07, 6.45) is 4.07. The van der Waals surface area contributed by atoms with Crippen molar-refractivity contribution in [3.63, 3.8) is 0 Å². The van der Waals surface area contributed by atoms with Gasteiger partial charge in [-0.15, -0.1) is 11.3 Å². The summed E-state index contributed by atoms with van der Waals surface area (Å²) in [7, 11) is 0. The predicted octanol–water partition coefficient (Wildman–Crippen LogP) is 7.64. The molecule has 1 aliphatic heterocycles. The normalized spacial score (nSPS) is 17.1. The Kier molecular flexibility index (Phi) is 6.43. The molecule has 2 aromatic heterocycles. The van der Waals surface area contributed by atoms with Crippen LogP contribution < -0.4 is 0 Å². The number of fused-ring (bicyclic) bond motifs is 2. The summed E-state index contributed by atoms with van der Waals surface area (Å²) in [4.78, 5) is 15.8. The first-order valence-corrected chi connectivity index (χ1v) is 14.9. The summed E-state index contributed by atoms with van der Waals surface area (Å²) < 4.78 is 16.6. The maximum atomic E-state index is 13.7. The number of benzene rings is 4. The molecule has 1 amide bonds. The molecule has 1 unspecified atom stereocenters. The predicted molar refractivity (Wildman–Crippen MR) is 164 cm³/mol. The summed E-state index contributed by atoms with van der Waals surface area (Å²) in [6.45, 7) is 3.58. The molecule has 0 spiro atoms. The molecule has 0 N–H and O–H groups in total. The van der Waals surface area contributed by atoms with Gasteiger partial charge >= 0.3 is 0 Å². The van der Waals surface area contributed by atoms with Gasteiger partial charge in [-0.05, 0) is 95.3 Å². The number of carbonyl (C=O) groups is 1. The molecule has 7 rings (SSSR count). The van der Waals surface area contributed by atoms with Crippen LogP contribution in [-0.4, -0.2) is 33.7 Å². The number of rotatable bonds is 6. The van der Waals surface area contributed by atoms with Gasteiger partial charge in [-0.2, -0.15) is 5.10 Å². The van der Waals surface area contributed by atoms with E-state index in [1.54, 1.807) is 23.5 Å². The topological polar surface area (TPSA) is 38.1 Å². The highest BCUT2D eigenvalue weighted by molar-refractivity contribution is 7.17. The molecule has 0 aliphatic carbocycles. The third kappa shape index (κ3) is 4.72. The van der Waals surface area contributed by atoms with Crippen LogP contribution in [0.4, 0.5) is 4.39 Å². The molecule has 1 saturated heterocycles. The van der Waals surface area contributed by atoms with Gasteiger partial charge in [-0.3, -0.25) is 4.79 Å². The molecule has 4 nitrogen and oxygen atoms in total. The zero-order valence-electron chi connectivity index (χ0n) is 22.9. The van der Waals surface area contributed by atoms with Gasteiger partial charge in [0, 0.05) is 28.6 Å². The third-order valence-electron chi connectivity index (χ3n) is 8.55. The van der Waals surface area contributed by atoms with Gasteiger partial charge < -0.3 is 4.90 Å². The minimum absolute atomic E-state index is 0.186. The number of thiophene rings is 1. The fraction of sp³-hybridized carbons (Fsp3) is 0.200. The molecule has 1 fully saturated rings.